The van der Waals surface area contributed by atoms with Crippen LogP contribution in [0.25, 0.3) is 0 Å². The molecule has 0 fully saturated rings. The van der Waals surface area contributed by atoms with Crippen LogP contribution >= 0.6 is 0 Å². The fourth-order valence-electron chi connectivity index (χ4n) is 3.21. The molecule has 37 heavy (non-hydrogen) atoms. The lowest BCUT2D eigenvalue weighted by molar-refractivity contribution is 0.0589. The van der Waals surface area contributed by atoms with Crippen molar-refractivity contribution in [2.75, 3.05) is 7.11 Å². The van der Waals surface area contributed by atoms with E-state index < -0.39 is 17.9 Å². The summed E-state index contributed by atoms with van der Waals surface area (Å²) in [5, 5.41) is 0. The molecule has 0 heterocycles. The van der Waals surface area contributed by atoms with Gasteiger partial charge in [-0.05, 0) is 101 Å². The van der Waals surface area contributed by atoms with Gasteiger partial charge < -0.3 is 23.7 Å². The van der Waals surface area contributed by atoms with Crippen LogP contribution in [0, 0.1) is 0 Å². The Morgan fingerprint density at radius 3 is 1.70 bits per heavy atom. The third kappa shape index (κ3) is 7.83. The van der Waals surface area contributed by atoms with E-state index in [2.05, 4.69) is 0 Å². The molecule has 0 saturated heterocycles. The second-order valence-electron chi connectivity index (χ2n) is 9.36. The van der Waals surface area contributed by atoms with Crippen LogP contribution in [0.4, 0.5) is 0 Å². The van der Waals surface area contributed by atoms with Gasteiger partial charge in [-0.3, -0.25) is 0 Å². The van der Waals surface area contributed by atoms with Crippen LogP contribution in [0.15, 0.2) is 66.7 Å². The van der Waals surface area contributed by atoms with Crippen LogP contribution in [0.5, 0.6) is 23.0 Å². The van der Waals surface area contributed by atoms with Crippen molar-refractivity contribution in [1.82, 2.24) is 0 Å². The molecule has 0 spiro atoms. The summed E-state index contributed by atoms with van der Waals surface area (Å²) in [7, 11) is 1.20. The molecule has 194 valence electrons. The maximum Gasteiger partial charge on any atom is 0.343 e. The lowest BCUT2D eigenvalue weighted by atomic mass is 10.1. The van der Waals surface area contributed by atoms with Crippen LogP contribution in [0.1, 0.15) is 65.7 Å². The van der Waals surface area contributed by atoms with Gasteiger partial charge in [-0.1, -0.05) is 0 Å². The summed E-state index contributed by atoms with van der Waals surface area (Å²) in [6.45, 7) is 9.57. The summed E-state index contributed by atoms with van der Waals surface area (Å²) in [5.74, 6) is -0.798. The zero-order chi connectivity index (χ0) is 27.2. The second kappa shape index (κ2) is 11.6. The predicted octanol–water partition coefficient (Wildman–Crippen LogP) is 5.88. The number of benzene rings is 3. The third-order valence-corrected chi connectivity index (χ3v) is 4.75. The minimum absolute atomic E-state index is 0.00474. The Labute approximate surface area is 216 Å². The van der Waals surface area contributed by atoms with E-state index in [-0.39, 0.29) is 34.3 Å². The van der Waals surface area contributed by atoms with Gasteiger partial charge in [0.2, 0.25) is 0 Å². The maximum absolute atomic E-state index is 12.7. The molecule has 8 nitrogen and oxygen atoms in total. The molecule has 0 aliphatic carbocycles. The highest BCUT2D eigenvalue weighted by atomic mass is 16.6. The monoisotopic (exact) mass is 506 g/mol. The molecule has 0 atom stereocenters. The van der Waals surface area contributed by atoms with Crippen molar-refractivity contribution in [3.8, 4) is 23.0 Å². The van der Waals surface area contributed by atoms with Gasteiger partial charge >= 0.3 is 17.9 Å². The molecule has 0 amide bonds. The highest BCUT2D eigenvalue weighted by Crippen LogP contribution is 2.27. The molecule has 0 aliphatic heterocycles. The lowest BCUT2D eigenvalue weighted by Crippen LogP contribution is -2.22. The van der Waals surface area contributed by atoms with Gasteiger partial charge in [-0.25, -0.2) is 14.4 Å². The van der Waals surface area contributed by atoms with Crippen molar-refractivity contribution in [2.24, 2.45) is 0 Å². The third-order valence-electron chi connectivity index (χ3n) is 4.75. The summed E-state index contributed by atoms with van der Waals surface area (Å²) in [4.78, 5) is 37.7. The predicted molar refractivity (Wildman–Crippen MR) is 137 cm³/mol. The molecule has 0 aliphatic rings. The van der Waals surface area contributed by atoms with E-state index in [0.717, 1.165) is 0 Å². The number of methoxy groups -OCH3 is 1. The number of hydrogen-bond donors (Lipinski definition) is 0. The smallest absolute Gasteiger partial charge is 0.343 e. The Kier molecular flexibility index (Phi) is 8.55. The zero-order valence-corrected chi connectivity index (χ0v) is 21.7. The molecule has 8 heteroatoms. The number of rotatable bonds is 8. The molecule has 0 radical (unpaired) electrons. The van der Waals surface area contributed by atoms with Crippen LogP contribution in [0.2, 0.25) is 0 Å². The van der Waals surface area contributed by atoms with Gasteiger partial charge in [0.15, 0.2) is 0 Å². The van der Waals surface area contributed by atoms with Gasteiger partial charge in [0.05, 0.1) is 24.3 Å². The number of ether oxygens (including phenoxy) is 5. The summed E-state index contributed by atoms with van der Waals surface area (Å²) in [5.41, 5.74) is 0.112. The summed E-state index contributed by atoms with van der Waals surface area (Å²) in [6.07, 6.45) is -0.00474. The Morgan fingerprint density at radius 2 is 1.19 bits per heavy atom. The van der Waals surface area contributed by atoms with E-state index in [1.807, 2.05) is 34.6 Å². The van der Waals surface area contributed by atoms with E-state index in [4.69, 9.17) is 23.7 Å². The van der Waals surface area contributed by atoms with Crippen LogP contribution in [0.3, 0.4) is 0 Å². The van der Waals surface area contributed by atoms with E-state index in [1.54, 1.807) is 48.5 Å². The molecule has 0 aromatic heterocycles. The van der Waals surface area contributed by atoms with Crippen LogP contribution < -0.4 is 18.9 Å². The minimum Gasteiger partial charge on any atom is -0.491 e. The molecular weight excluding hydrogens is 476 g/mol. The van der Waals surface area contributed by atoms with E-state index in [9.17, 15) is 14.4 Å². The van der Waals surface area contributed by atoms with Crippen molar-refractivity contribution in [3.05, 3.63) is 83.4 Å². The first-order valence-electron chi connectivity index (χ1n) is 11.7. The lowest BCUT2D eigenvalue weighted by Gasteiger charge is -2.21. The fraction of sp³-hybridized carbons (Fsp3) is 0.276. The molecular formula is C29H30O8. The topological polar surface area (TPSA) is 97.4 Å². The molecule has 0 saturated carbocycles. The fourth-order valence-corrected chi connectivity index (χ4v) is 3.21. The quantitative estimate of drug-likeness (QED) is 0.276. The minimum atomic E-state index is -0.759. The van der Waals surface area contributed by atoms with Crippen molar-refractivity contribution in [2.45, 2.75) is 46.3 Å². The number of carbonyl (C=O) groups is 3. The Morgan fingerprint density at radius 1 is 0.676 bits per heavy atom. The number of hydrogen-bond acceptors (Lipinski definition) is 8. The molecule has 0 N–H and O–H groups in total. The number of carbonyl (C=O) groups excluding carboxylic acids is 3. The first-order chi connectivity index (χ1) is 17.4. The van der Waals surface area contributed by atoms with E-state index in [0.29, 0.717) is 17.1 Å². The zero-order valence-electron chi connectivity index (χ0n) is 21.7. The van der Waals surface area contributed by atoms with Crippen molar-refractivity contribution < 1.29 is 38.1 Å². The highest BCUT2D eigenvalue weighted by Gasteiger charge is 2.20. The SMILES string of the molecule is COC(=O)c1cc(OC(=O)c2ccc(OC(C)(C)C)cc2)ccc1OC(=O)c1ccc(OC(C)C)cc1. The average molecular weight is 507 g/mol. The molecule has 3 rings (SSSR count). The highest BCUT2D eigenvalue weighted by molar-refractivity contribution is 5.97. The van der Waals surface area contributed by atoms with Crippen LogP contribution in [-0.4, -0.2) is 36.7 Å². The largest absolute Gasteiger partial charge is 0.491 e. The van der Waals surface area contributed by atoms with Crippen LogP contribution in [-0.2, 0) is 4.74 Å². The second-order valence-corrected chi connectivity index (χ2v) is 9.36. The summed E-state index contributed by atoms with van der Waals surface area (Å²) >= 11 is 0. The van der Waals surface area contributed by atoms with Crippen molar-refractivity contribution in [1.29, 1.82) is 0 Å². The average Bonchev–Trinajstić information content (AvgIpc) is 2.84. The van der Waals surface area contributed by atoms with E-state index in [1.165, 1.54) is 25.3 Å². The number of esters is 3. The van der Waals surface area contributed by atoms with Gasteiger partial charge in [0, 0.05) is 0 Å². The molecule has 0 bridgehead atoms. The maximum atomic E-state index is 12.7. The Bertz CT molecular complexity index is 1250. The first-order valence-corrected chi connectivity index (χ1v) is 11.7. The van der Waals surface area contributed by atoms with Gasteiger partial charge in [-0.2, -0.15) is 0 Å². The van der Waals surface area contributed by atoms with Gasteiger partial charge in [0.1, 0.15) is 34.2 Å². The summed E-state index contributed by atoms with van der Waals surface area (Å²) in [6, 6.07) is 17.0. The Hall–Kier alpha value is -4.33. The Balaban J connectivity index is 1.75. The van der Waals surface area contributed by atoms with Crippen molar-refractivity contribution >= 4 is 17.9 Å². The molecule has 3 aromatic carbocycles. The summed E-state index contributed by atoms with van der Waals surface area (Å²) < 4.78 is 27.0. The van der Waals surface area contributed by atoms with E-state index >= 15 is 0 Å². The first kappa shape index (κ1) is 27.3. The van der Waals surface area contributed by atoms with Gasteiger partial charge in [-0.15, -0.1) is 0 Å². The molecule has 3 aromatic rings. The normalized spacial score (nSPS) is 11.0. The standard InChI is InChI=1S/C29H30O8/c1-18(2)34-21-11-7-20(8-12-21)27(31)36-25-16-15-23(17-24(25)28(32)33-6)35-26(30)19-9-13-22(14-10-19)37-29(3,4)5/h7-18H,1-6H3. The molecule has 0 unspecified atom stereocenters. The van der Waals surface area contributed by atoms with Crippen molar-refractivity contribution in [3.63, 3.8) is 0 Å². The van der Waals surface area contributed by atoms with Gasteiger partial charge in [0.25, 0.3) is 0 Å².